The van der Waals surface area contributed by atoms with Gasteiger partial charge < -0.3 is 10.1 Å². The van der Waals surface area contributed by atoms with Crippen molar-refractivity contribution in [2.45, 2.75) is 19.5 Å². The zero-order valence-corrected chi connectivity index (χ0v) is 13.8. The van der Waals surface area contributed by atoms with Crippen LogP contribution in [0.15, 0.2) is 53.7 Å². The Morgan fingerprint density at radius 2 is 2.04 bits per heavy atom. The van der Waals surface area contributed by atoms with Gasteiger partial charge in [0, 0.05) is 31.8 Å². The van der Waals surface area contributed by atoms with Crippen LogP contribution in [0.3, 0.4) is 0 Å². The molecule has 0 atom stereocenters. The van der Waals surface area contributed by atoms with Crippen molar-refractivity contribution < 1.29 is 9.53 Å². The molecule has 0 fully saturated rings. The molecule has 1 amide bonds. The Balaban J connectivity index is 1.57. The highest BCUT2D eigenvalue weighted by Crippen LogP contribution is 2.07. The number of benzene rings is 1. The van der Waals surface area contributed by atoms with Gasteiger partial charge in [-0.05, 0) is 17.7 Å². The molecule has 0 aliphatic rings. The minimum Gasteiger partial charge on any atom is -0.481 e. The summed E-state index contributed by atoms with van der Waals surface area (Å²) in [6.45, 7) is 0.657. The lowest BCUT2D eigenvalue weighted by atomic mass is 10.2. The van der Waals surface area contributed by atoms with Crippen LogP contribution in [0.4, 0.5) is 0 Å². The Morgan fingerprint density at radius 1 is 1.20 bits per heavy atom. The van der Waals surface area contributed by atoms with E-state index in [2.05, 4.69) is 15.3 Å². The fourth-order valence-electron chi connectivity index (χ4n) is 2.41. The van der Waals surface area contributed by atoms with Crippen molar-refractivity contribution in [1.82, 2.24) is 19.9 Å². The number of hydrogen-bond donors (Lipinski definition) is 1. The molecule has 0 saturated carbocycles. The summed E-state index contributed by atoms with van der Waals surface area (Å²) in [4.78, 5) is 32.7. The number of nitrogens with zero attached hydrogens (tertiary/aromatic N) is 3. The Kier molecular flexibility index (Phi) is 5.03. The lowest BCUT2D eigenvalue weighted by Gasteiger charge is -2.08. The van der Waals surface area contributed by atoms with Crippen molar-refractivity contribution >= 4 is 16.8 Å². The molecule has 25 heavy (non-hydrogen) atoms. The second kappa shape index (κ2) is 7.57. The first kappa shape index (κ1) is 16.6. The molecular formula is C18H18N4O3. The predicted molar refractivity (Wildman–Crippen MR) is 93.3 cm³/mol. The number of para-hydroxylation sites is 1. The number of rotatable bonds is 6. The van der Waals surface area contributed by atoms with Crippen molar-refractivity contribution in [3.05, 3.63) is 64.8 Å². The Hall–Kier alpha value is -3.22. The number of pyridine rings is 1. The number of hydrogen-bond acceptors (Lipinski definition) is 5. The molecule has 0 aliphatic carbocycles. The summed E-state index contributed by atoms with van der Waals surface area (Å²) >= 11 is 0. The summed E-state index contributed by atoms with van der Waals surface area (Å²) in [7, 11) is 1.55. The van der Waals surface area contributed by atoms with Gasteiger partial charge in [0.25, 0.3) is 5.56 Å². The normalized spacial score (nSPS) is 10.6. The van der Waals surface area contributed by atoms with Gasteiger partial charge in [-0.15, -0.1) is 0 Å². The summed E-state index contributed by atoms with van der Waals surface area (Å²) in [6, 6.07) is 10.7. The van der Waals surface area contributed by atoms with E-state index in [0.717, 1.165) is 5.56 Å². The van der Waals surface area contributed by atoms with Gasteiger partial charge in [-0.1, -0.05) is 18.2 Å². The number of fused-ring (bicyclic) bond motifs is 1. The highest BCUT2D eigenvalue weighted by atomic mass is 16.5. The van der Waals surface area contributed by atoms with Crippen LogP contribution >= 0.6 is 0 Å². The summed E-state index contributed by atoms with van der Waals surface area (Å²) in [6.07, 6.45) is 3.33. The standard InChI is InChI=1S/C18H18N4O3/c1-25-17-7-6-13(11-20-17)10-19-16(23)8-9-22-12-21-15-5-3-2-4-14(15)18(22)24/h2-7,11-12H,8-10H2,1H3,(H,19,23). The van der Waals surface area contributed by atoms with Crippen LogP contribution in [0.1, 0.15) is 12.0 Å². The van der Waals surface area contributed by atoms with Crippen LogP contribution in [0.25, 0.3) is 10.9 Å². The van der Waals surface area contributed by atoms with E-state index in [9.17, 15) is 9.59 Å². The van der Waals surface area contributed by atoms with Crippen molar-refractivity contribution in [3.63, 3.8) is 0 Å². The number of ether oxygens (including phenoxy) is 1. The molecule has 128 valence electrons. The van der Waals surface area contributed by atoms with Crippen molar-refractivity contribution in [3.8, 4) is 5.88 Å². The van der Waals surface area contributed by atoms with Crippen molar-refractivity contribution in [2.75, 3.05) is 7.11 Å². The largest absolute Gasteiger partial charge is 0.481 e. The van der Waals surface area contributed by atoms with Crippen molar-refractivity contribution in [1.29, 1.82) is 0 Å². The number of amides is 1. The lowest BCUT2D eigenvalue weighted by Crippen LogP contribution is -2.27. The maximum atomic E-state index is 12.4. The van der Waals surface area contributed by atoms with E-state index in [0.29, 0.717) is 23.3 Å². The highest BCUT2D eigenvalue weighted by molar-refractivity contribution is 5.77. The summed E-state index contributed by atoms with van der Waals surface area (Å²) in [5, 5.41) is 3.36. The molecule has 3 aromatic rings. The summed E-state index contributed by atoms with van der Waals surface area (Å²) < 4.78 is 6.44. The highest BCUT2D eigenvalue weighted by Gasteiger charge is 2.06. The van der Waals surface area contributed by atoms with E-state index in [-0.39, 0.29) is 24.4 Å². The van der Waals surface area contributed by atoms with Gasteiger partial charge in [0.2, 0.25) is 11.8 Å². The van der Waals surface area contributed by atoms with Crippen LogP contribution in [-0.4, -0.2) is 27.6 Å². The maximum Gasteiger partial charge on any atom is 0.261 e. The first-order valence-electron chi connectivity index (χ1n) is 7.87. The second-order valence-electron chi connectivity index (χ2n) is 5.50. The van der Waals surface area contributed by atoms with E-state index in [1.807, 2.05) is 12.1 Å². The molecule has 0 bridgehead atoms. The van der Waals surface area contributed by atoms with Gasteiger partial charge in [-0.3, -0.25) is 14.2 Å². The van der Waals surface area contributed by atoms with Gasteiger partial charge in [0.05, 0.1) is 24.3 Å². The number of aryl methyl sites for hydroxylation is 1. The third-order valence-corrected chi connectivity index (χ3v) is 3.81. The third-order valence-electron chi connectivity index (χ3n) is 3.81. The molecule has 0 saturated heterocycles. The van der Waals surface area contributed by atoms with E-state index >= 15 is 0 Å². The number of carbonyl (C=O) groups is 1. The fourth-order valence-corrected chi connectivity index (χ4v) is 2.41. The Bertz CT molecular complexity index is 935. The van der Waals surface area contributed by atoms with Crippen LogP contribution in [0.5, 0.6) is 5.88 Å². The molecule has 2 heterocycles. The molecule has 3 rings (SSSR count). The van der Waals surface area contributed by atoms with E-state index in [1.165, 1.54) is 10.9 Å². The predicted octanol–water partition coefficient (Wildman–Crippen LogP) is 1.51. The Labute approximate surface area is 144 Å². The van der Waals surface area contributed by atoms with Gasteiger partial charge in [-0.25, -0.2) is 9.97 Å². The van der Waals surface area contributed by atoms with Gasteiger partial charge in [0.1, 0.15) is 0 Å². The fraction of sp³-hybridized carbons (Fsp3) is 0.222. The van der Waals surface area contributed by atoms with Gasteiger partial charge >= 0.3 is 0 Å². The quantitative estimate of drug-likeness (QED) is 0.736. The average molecular weight is 338 g/mol. The smallest absolute Gasteiger partial charge is 0.261 e. The first-order chi connectivity index (χ1) is 12.2. The third kappa shape index (κ3) is 4.00. The zero-order valence-electron chi connectivity index (χ0n) is 13.8. The maximum absolute atomic E-state index is 12.4. The number of aromatic nitrogens is 3. The van der Waals surface area contributed by atoms with E-state index in [1.54, 1.807) is 37.6 Å². The van der Waals surface area contributed by atoms with E-state index < -0.39 is 0 Å². The minimum absolute atomic E-state index is 0.141. The first-order valence-corrected chi connectivity index (χ1v) is 7.87. The van der Waals surface area contributed by atoms with Gasteiger partial charge in [0.15, 0.2) is 0 Å². The number of methoxy groups -OCH3 is 1. The van der Waals surface area contributed by atoms with E-state index in [4.69, 9.17) is 4.74 Å². The Morgan fingerprint density at radius 3 is 2.80 bits per heavy atom. The SMILES string of the molecule is COc1ccc(CNC(=O)CCn2cnc3ccccc3c2=O)cn1. The molecule has 7 nitrogen and oxygen atoms in total. The average Bonchev–Trinajstić information content (AvgIpc) is 2.66. The topological polar surface area (TPSA) is 86.1 Å². The molecule has 7 heteroatoms. The lowest BCUT2D eigenvalue weighted by molar-refractivity contribution is -0.121. The minimum atomic E-state index is -0.143. The molecule has 2 aromatic heterocycles. The second-order valence-corrected chi connectivity index (χ2v) is 5.50. The molecule has 0 radical (unpaired) electrons. The van der Waals surface area contributed by atoms with Crippen LogP contribution in [0, 0.1) is 0 Å². The van der Waals surface area contributed by atoms with Gasteiger partial charge in [-0.2, -0.15) is 0 Å². The summed E-state index contributed by atoms with van der Waals surface area (Å²) in [5.41, 5.74) is 1.39. The molecule has 0 spiro atoms. The number of nitrogens with one attached hydrogen (secondary N) is 1. The molecular weight excluding hydrogens is 320 g/mol. The van der Waals surface area contributed by atoms with Crippen LogP contribution < -0.4 is 15.6 Å². The zero-order chi connectivity index (χ0) is 17.6. The van der Waals surface area contributed by atoms with Crippen molar-refractivity contribution in [2.24, 2.45) is 0 Å². The van der Waals surface area contributed by atoms with Crippen LogP contribution in [0.2, 0.25) is 0 Å². The molecule has 1 aromatic carbocycles. The summed E-state index contributed by atoms with van der Waals surface area (Å²) in [5.74, 6) is 0.383. The monoisotopic (exact) mass is 338 g/mol. The molecule has 0 unspecified atom stereocenters. The molecule has 1 N–H and O–H groups in total. The molecule has 0 aliphatic heterocycles. The number of carbonyl (C=O) groups excluding carboxylic acids is 1. The van der Waals surface area contributed by atoms with Crippen LogP contribution in [-0.2, 0) is 17.9 Å².